The molecule has 0 aliphatic heterocycles. The molecule has 0 spiro atoms. The highest BCUT2D eigenvalue weighted by molar-refractivity contribution is 5.92. The summed E-state index contributed by atoms with van der Waals surface area (Å²) in [6, 6.07) is 7.81. The molecule has 0 fully saturated rings. The molecule has 1 aromatic heterocycles. The maximum absolute atomic E-state index is 6.01. The number of rotatable bonds is 6. The molecule has 6 heteroatoms. The molecule has 3 N–H and O–H groups in total. The molecule has 1 heterocycles. The highest BCUT2D eigenvalue weighted by Gasteiger charge is 2.09. The van der Waals surface area contributed by atoms with E-state index in [-0.39, 0.29) is 0 Å². The number of aryl methyl sites for hydroxylation is 1. The number of guanidine groups is 1. The van der Waals surface area contributed by atoms with Crippen LogP contribution in [0.2, 0.25) is 0 Å². The first-order chi connectivity index (χ1) is 11.6. The smallest absolute Gasteiger partial charge is 0.193 e. The van der Waals surface area contributed by atoms with Crippen LogP contribution in [0.25, 0.3) is 0 Å². The van der Waals surface area contributed by atoms with Gasteiger partial charge in [-0.25, -0.2) is 4.99 Å². The molecular weight excluding hydrogens is 304 g/mol. The minimum absolute atomic E-state index is 0.333. The standard InChI is InChI=1S/C18H24N4O2/c1-12-9-20-16(13(2)17(12)24-4)10-21-18(19)22-15-8-6-5-7-14(15)11-23-3/h5-9H,10-11H2,1-4H3,(H3,19,21,22). The number of nitrogens with two attached hydrogens (primary N) is 1. The Kier molecular flexibility index (Phi) is 6.14. The SMILES string of the molecule is COCc1ccccc1NC(N)=NCc1ncc(C)c(OC)c1C. The summed E-state index contributed by atoms with van der Waals surface area (Å²) < 4.78 is 10.6. The van der Waals surface area contributed by atoms with E-state index in [0.717, 1.165) is 33.8 Å². The van der Waals surface area contributed by atoms with Crippen LogP contribution in [0.4, 0.5) is 5.69 Å². The van der Waals surface area contributed by atoms with E-state index in [1.165, 1.54) is 0 Å². The fourth-order valence-electron chi connectivity index (χ4n) is 2.49. The van der Waals surface area contributed by atoms with Crippen molar-refractivity contribution in [2.75, 3.05) is 19.5 Å². The minimum atomic E-state index is 0.333. The number of hydrogen-bond acceptors (Lipinski definition) is 4. The lowest BCUT2D eigenvalue weighted by Crippen LogP contribution is -2.23. The first-order valence-electron chi connectivity index (χ1n) is 7.69. The van der Waals surface area contributed by atoms with E-state index in [2.05, 4.69) is 15.3 Å². The molecule has 0 bridgehead atoms. The van der Waals surface area contributed by atoms with E-state index in [0.29, 0.717) is 19.1 Å². The van der Waals surface area contributed by atoms with Crippen molar-refractivity contribution in [1.29, 1.82) is 0 Å². The lowest BCUT2D eigenvalue weighted by molar-refractivity contribution is 0.185. The molecule has 2 aromatic rings. The Labute approximate surface area is 142 Å². The molecule has 2 rings (SSSR count). The molecule has 24 heavy (non-hydrogen) atoms. The van der Waals surface area contributed by atoms with Gasteiger partial charge in [0.1, 0.15) is 5.75 Å². The quantitative estimate of drug-likeness (QED) is 0.629. The highest BCUT2D eigenvalue weighted by atomic mass is 16.5. The van der Waals surface area contributed by atoms with E-state index >= 15 is 0 Å². The van der Waals surface area contributed by atoms with Crippen molar-refractivity contribution < 1.29 is 9.47 Å². The van der Waals surface area contributed by atoms with Gasteiger partial charge >= 0.3 is 0 Å². The number of pyridine rings is 1. The topological polar surface area (TPSA) is 81.8 Å². The first kappa shape index (κ1) is 17.7. The van der Waals surface area contributed by atoms with E-state index in [1.54, 1.807) is 20.4 Å². The molecular formula is C18H24N4O2. The molecule has 0 aliphatic rings. The Hall–Kier alpha value is -2.60. The number of aliphatic imine (C=N–C) groups is 1. The number of aromatic nitrogens is 1. The molecule has 0 amide bonds. The van der Waals surface area contributed by atoms with Crippen LogP contribution in [0.5, 0.6) is 5.75 Å². The van der Waals surface area contributed by atoms with Gasteiger partial charge in [0, 0.05) is 35.7 Å². The van der Waals surface area contributed by atoms with Gasteiger partial charge in [0.05, 0.1) is 26.0 Å². The number of ether oxygens (including phenoxy) is 2. The number of anilines is 1. The minimum Gasteiger partial charge on any atom is -0.496 e. The largest absolute Gasteiger partial charge is 0.496 e. The second kappa shape index (κ2) is 8.31. The van der Waals surface area contributed by atoms with Crippen molar-refractivity contribution in [3.8, 4) is 5.75 Å². The van der Waals surface area contributed by atoms with Crippen molar-refractivity contribution in [1.82, 2.24) is 4.98 Å². The summed E-state index contributed by atoms with van der Waals surface area (Å²) in [4.78, 5) is 8.80. The van der Waals surface area contributed by atoms with Gasteiger partial charge in [0.25, 0.3) is 0 Å². The van der Waals surface area contributed by atoms with Gasteiger partial charge in [-0.3, -0.25) is 4.98 Å². The maximum Gasteiger partial charge on any atom is 0.193 e. The van der Waals surface area contributed by atoms with Crippen LogP contribution in [0.3, 0.4) is 0 Å². The van der Waals surface area contributed by atoms with E-state index in [9.17, 15) is 0 Å². The molecule has 0 atom stereocenters. The predicted octanol–water partition coefficient (Wildman–Crippen LogP) is 2.78. The zero-order valence-electron chi connectivity index (χ0n) is 14.6. The average Bonchev–Trinajstić information content (AvgIpc) is 2.56. The van der Waals surface area contributed by atoms with Crippen molar-refractivity contribution >= 4 is 11.6 Å². The summed E-state index contributed by atoms with van der Waals surface area (Å²) in [5.74, 6) is 1.17. The zero-order chi connectivity index (χ0) is 17.5. The molecule has 0 saturated heterocycles. The van der Waals surface area contributed by atoms with Crippen LogP contribution in [-0.2, 0) is 17.9 Å². The lowest BCUT2D eigenvalue weighted by atomic mass is 10.1. The summed E-state index contributed by atoms with van der Waals surface area (Å²) >= 11 is 0. The zero-order valence-corrected chi connectivity index (χ0v) is 14.6. The molecule has 0 unspecified atom stereocenters. The van der Waals surface area contributed by atoms with Crippen LogP contribution in [0.1, 0.15) is 22.4 Å². The highest BCUT2D eigenvalue weighted by Crippen LogP contribution is 2.24. The van der Waals surface area contributed by atoms with Crippen molar-refractivity contribution in [3.63, 3.8) is 0 Å². The van der Waals surface area contributed by atoms with Crippen LogP contribution >= 0.6 is 0 Å². The summed E-state index contributed by atoms with van der Waals surface area (Å²) in [5.41, 5.74) is 10.7. The number of nitrogens with zero attached hydrogens (tertiary/aromatic N) is 2. The van der Waals surface area contributed by atoms with Gasteiger partial charge in [-0.2, -0.15) is 0 Å². The molecule has 0 saturated carbocycles. The Morgan fingerprint density at radius 2 is 2.00 bits per heavy atom. The summed E-state index contributed by atoms with van der Waals surface area (Å²) in [6.45, 7) is 4.83. The van der Waals surface area contributed by atoms with Gasteiger partial charge in [-0.05, 0) is 19.9 Å². The van der Waals surface area contributed by atoms with Crippen LogP contribution in [0.15, 0.2) is 35.5 Å². The van der Waals surface area contributed by atoms with Gasteiger partial charge < -0.3 is 20.5 Å². The summed E-state index contributed by atoms with van der Waals surface area (Å²) in [6.07, 6.45) is 1.79. The lowest BCUT2D eigenvalue weighted by Gasteiger charge is -2.12. The normalized spacial score (nSPS) is 11.4. The van der Waals surface area contributed by atoms with Crippen LogP contribution in [0, 0.1) is 13.8 Å². The number of para-hydroxylation sites is 1. The van der Waals surface area contributed by atoms with E-state index < -0.39 is 0 Å². The molecule has 6 nitrogen and oxygen atoms in total. The van der Waals surface area contributed by atoms with Crippen molar-refractivity contribution in [2.45, 2.75) is 27.0 Å². The summed E-state index contributed by atoms with van der Waals surface area (Å²) in [5, 5.41) is 3.11. The Morgan fingerprint density at radius 3 is 2.71 bits per heavy atom. The van der Waals surface area contributed by atoms with Crippen molar-refractivity contribution in [3.05, 3.63) is 52.8 Å². The first-order valence-corrected chi connectivity index (χ1v) is 7.69. The second-order valence-electron chi connectivity index (χ2n) is 5.46. The van der Waals surface area contributed by atoms with Gasteiger partial charge in [0.2, 0.25) is 0 Å². The predicted molar refractivity (Wildman–Crippen MR) is 96.4 cm³/mol. The maximum atomic E-state index is 6.01. The molecule has 128 valence electrons. The van der Waals surface area contributed by atoms with Gasteiger partial charge in [-0.1, -0.05) is 18.2 Å². The third kappa shape index (κ3) is 4.23. The number of hydrogen-bond donors (Lipinski definition) is 2. The van der Waals surface area contributed by atoms with E-state index in [4.69, 9.17) is 15.2 Å². The monoisotopic (exact) mass is 328 g/mol. The average molecular weight is 328 g/mol. The van der Waals surface area contributed by atoms with E-state index in [1.807, 2.05) is 38.1 Å². The number of nitrogens with one attached hydrogen (secondary N) is 1. The second-order valence-corrected chi connectivity index (χ2v) is 5.46. The Balaban J connectivity index is 2.13. The number of benzene rings is 1. The fourth-order valence-corrected chi connectivity index (χ4v) is 2.49. The molecule has 0 aliphatic carbocycles. The summed E-state index contributed by atoms with van der Waals surface area (Å²) in [7, 11) is 3.32. The van der Waals surface area contributed by atoms with Gasteiger partial charge in [-0.15, -0.1) is 0 Å². The third-order valence-electron chi connectivity index (χ3n) is 3.73. The fraction of sp³-hybridized carbons (Fsp3) is 0.333. The molecule has 0 radical (unpaired) electrons. The van der Waals surface area contributed by atoms with Crippen LogP contribution < -0.4 is 15.8 Å². The Bertz CT molecular complexity index is 729. The van der Waals surface area contributed by atoms with Gasteiger partial charge in [0.15, 0.2) is 5.96 Å². The molecule has 1 aromatic carbocycles. The van der Waals surface area contributed by atoms with Crippen molar-refractivity contribution in [2.24, 2.45) is 10.7 Å². The van der Waals surface area contributed by atoms with Crippen LogP contribution in [-0.4, -0.2) is 25.2 Å². The Morgan fingerprint density at radius 1 is 1.25 bits per heavy atom. The third-order valence-corrected chi connectivity index (χ3v) is 3.73. The number of methoxy groups -OCH3 is 2.